The minimum absolute atomic E-state index is 0.0522. The minimum Gasteiger partial charge on any atom is -0.497 e. The van der Waals surface area contributed by atoms with Crippen LogP contribution in [0.5, 0.6) is 5.75 Å². The van der Waals surface area contributed by atoms with E-state index in [9.17, 15) is 18.5 Å². The number of hydrogen-bond donors (Lipinski definition) is 1. The molecule has 0 bridgehead atoms. The van der Waals surface area contributed by atoms with Crippen LogP contribution in [0.4, 0.5) is 5.69 Å². The van der Waals surface area contributed by atoms with Gasteiger partial charge in [0.25, 0.3) is 5.91 Å². The summed E-state index contributed by atoms with van der Waals surface area (Å²) in [5, 5.41) is 17.4. The Morgan fingerprint density at radius 2 is 2.09 bits per heavy atom. The lowest BCUT2D eigenvalue weighted by Crippen LogP contribution is -2.13. The van der Waals surface area contributed by atoms with Crippen LogP contribution >= 0.6 is 0 Å². The molecule has 1 saturated heterocycles. The number of fused-ring (bicyclic) bond motifs is 1. The number of rotatable bonds is 5. The van der Waals surface area contributed by atoms with Crippen molar-refractivity contribution in [3.8, 4) is 11.8 Å². The number of amides is 1. The third-order valence-electron chi connectivity index (χ3n) is 5.33. The number of aromatic nitrogens is 3. The Balaban J connectivity index is 1.60. The van der Waals surface area contributed by atoms with Gasteiger partial charge in [-0.2, -0.15) is 10.4 Å². The summed E-state index contributed by atoms with van der Waals surface area (Å²) in [5.74, 6) is 0.315. The highest BCUT2D eigenvalue weighted by Crippen LogP contribution is 2.28. The van der Waals surface area contributed by atoms with Crippen molar-refractivity contribution in [2.75, 3.05) is 23.9 Å². The summed E-state index contributed by atoms with van der Waals surface area (Å²) in [7, 11) is -1.50. The van der Waals surface area contributed by atoms with Gasteiger partial charge in [0.2, 0.25) is 0 Å². The third kappa shape index (κ3) is 4.33. The number of pyridine rings is 1. The average Bonchev–Trinajstić information content (AvgIpc) is 3.31. The van der Waals surface area contributed by atoms with E-state index in [0.29, 0.717) is 34.8 Å². The zero-order valence-corrected chi connectivity index (χ0v) is 18.4. The van der Waals surface area contributed by atoms with Crippen LogP contribution < -0.4 is 10.1 Å². The Bertz CT molecular complexity index is 1370. The van der Waals surface area contributed by atoms with Crippen LogP contribution in [-0.4, -0.2) is 47.7 Å². The molecule has 0 saturated carbocycles. The second-order valence-corrected chi connectivity index (χ2v) is 9.81. The zero-order valence-electron chi connectivity index (χ0n) is 17.6. The normalized spacial score (nSPS) is 17.8. The van der Waals surface area contributed by atoms with Gasteiger partial charge >= 0.3 is 0 Å². The molecule has 0 spiro atoms. The molecule has 1 unspecified atom stereocenters. The molecule has 32 heavy (non-hydrogen) atoms. The van der Waals surface area contributed by atoms with Crippen LogP contribution in [0.3, 0.4) is 0 Å². The molecule has 1 aliphatic heterocycles. The van der Waals surface area contributed by atoms with Gasteiger partial charge in [0.15, 0.2) is 15.5 Å². The molecule has 2 aromatic heterocycles. The highest BCUT2D eigenvalue weighted by Gasteiger charge is 2.31. The highest BCUT2D eigenvalue weighted by molar-refractivity contribution is 7.91. The molecule has 1 aromatic carbocycles. The number of anilines is 1. The smallest absolute Gasteiger partial charge is 0.266 e. The van der Waals surface area contributed by atoms with Gasteiger partial charge in [-0.3, -0.25) is 4.79 Å². The van der Waals surface area contributed by atoms with E-state index in [1.165, 1.54) is 6.08 Å². The molecule has 1 aliphatic rings. The Morgan fingerprint density at radius 3 is 2.72 bits per heavy atom. The zero-order chi connectivity index (χ0) is 22.9. The molecule has 1 fully saturated rings. The fourth-order valence-corrected chi connectivity index (χ4v) is 5.37. The quantitative estimate of drug-likeness (QED) is 0.467. The van der Waals surface area contributed by atoms with Gasteiger partial charge in [-0.25, -0.2) is 18.1 Å². The lowest BCUT2D eigenvalue weighted by molar-refractivity contribution is -0.112. The van der Waals surface area contributed by atoms with E-state index < -0.39 is 15.7 Å². The predicted molar refractivity (Wildman–Crippen MR) is 120 cm³/mol. The molecule has 9 nitrogen and oxygen atoms in total. The molecular weight excluding hydrogens is 430 g/mol. The lowest BCUT2D eigenvalue weighted by atomic mass is 10.1. The van der Waals surface area contributed by atoms with Gasteiger partial charge < -0.3 is 10.1 Å². The Labute approximate surface area is 185 Å². The molecule has 1 atom stereocenters. The maximum absolute atomic E-state index is 12.5. The summed E-state index contributed by atoms with van der Waals surface area (Å²) in [6.07, 6.45) is 3.51. The molecule has 0 aliphatic carbocycles. The first kappa shape index (κ1) is 21.5. The first-order chi connectivity index (χ1) is 15.3. The van der Waals surface area contributed by atoms with Gasteiger partial charge in [0.05, 0.1) is 30.4 Å². The lowest BCUT2D eigenvalue weighted by Gasteiger charge is -2.09. The maximum atomic E-state index is 12.5. The van der Waals surface area contributed by atoms with Crippen molar-refractivity contribution in [2.45, 2.75) is 19.4 Å². The molecule has 1 amide bonds. The topological polar surface area (TPSA) is 127 Å². The number of nitrogens with zero attached hydrogens (tertiary/aromatic N) is 4. The number of benzene rings is 1. The number of ether oxygens (including phenoxy) is 1. The van der Waals surface area contributed by atoms with Gasteiger partial charge in [-0.15, -0.1) is 0 Å². The van der Waals surface area contributed by atoms with E-state index in [4.69, 9.17) is 4.74 Å². The number of carbonyl (C=O) groups excluding carboxylic acids is 1. The summed E-state index contributed by atoms with van der Waals surface area (Å²) in [4.78, 5) is 17.0. The van der Waals surface area contributed by atoms with Gasteiger partial charge in [0.1, 0.15) is 17.4 Å². The van der Waals surface area contributed by atoms with Crippen LogP contribution in [-0.2, 0) is 14.6 Å². The Kier molecular flexibility index (Phi) is 5.67. The molecule has 10 heteroatoms. The van der Waals surface area contributed by atoms with Crippen molar-refractivity contribution < 1.29 is 17.9 Å². The van der Waals surface area contributed by atoms with E-state index in [1.807, 2.05) is 13.0 Å². The first-order valence-corrected chi connectivity index (χ1v) is 11.7. The Hall–Kier alpha value is -3.71. The summed E-state index contributed by atoms with van der Waals surface area (Å²) in [6.45, 7) is 1.82. The second-order valence-electron chi connectivity index (χ2n) is 7.58. The molecule has 3 heterocycles. The summed E-state index contributed by atoms with van der Waals surface area (Å²) in [5.41, 5.74) is 2.32. The van der Waals surface area contributed by atoms with Crippen LogP contribution in [0.25, 0.3) is 17.1 Å². The number of hydrogen-bond acceptors (Lipinski definition) is 7. The molecule has 1 N–H and O–H groups in total. The monoisotopic (exact) mass is 451 g/mol. The van der Waals surface area contributed by atoms with Crippen molar-refractivity contribution in [3.05, 3.63) is 53.4 Å². The van der Waals surface area contributed by atoms with Crippen LogP contribution in [0.2, 0.25) is 0 Å². The van der Waals surface area contributed by atoms with Crippen LogP contribution in [0.15, 0.2) is 42.1 Å². The number of methoxy groups -OCH3 is 1. The first-order valence-electron chi connectivity index (χ1n) is 9.92. The van der Waals surface area contributed by atoms with Crippen molar-refractivity contribution >= 4 is 38.5 Å². The standard InChI is InChI=1S/C22H21N5O4S/c1-14-20-10-15(12-24-21(20)27(26-14)18-7-8-32(29,30)13-18)9-16(11-23)22(28)25-17-3-5-19(31-2)6-4-17/h3-6,9-10,12,18H,7-8,13H2,1-2H3,(H,25,28)/b16-9-. The average molecular weight is 452 g/mol. The number of aryl methyl sites for hydroxylation is 1. The van der Waals surface area contributed by atoms with Crippen molar-refractivity contribution in [2.24, 2.45) is 0 Å². The molecule has 4 rings (SSSR count). The van der Waals surface area contributed by atoms with Crippen LogP contribution in [0, 0.1) is 18.3 Å². The van der Waals surface area contributed by atoms with E-state index in [-0.39, 0.29) is 23.1 Å². The van der Waals surface area contributed by atoms with Gasteiger partial charge in [0, 0.05) is 17.3 Å². The SMILES string of the molecule is COc1ccc(NC(=O)/C(C#N)=C\c2cnc3c(c2)c(C)nn3C2CCS(=O)(=O)C2)cc1. The molecule has 3 aromatic rings. The van der Waals surface area contributed by atoms with Gasteiger partial charge in [-0.05, 0) is 55.3 Å². The van der Waals surface area contributed by atoms with E-state index in [0.717, 1.165) is 5.39 Å². The summed E-state index contributed by atoms with van der Waals surface area (Å²) < 4.78 is 30.5. The van der Waals surface area contributed by atoms with E-state index in [2.05, 4.69) is 15.4 Å². The van der Waals surface area contributed by atoms with E-state index in [1.54, 1.807) is 48.3 Å². The summed E-state index contributed by atoms with van der Waals surface area (Å²) in [6, 6.07) is 10.3. The predicted octanol–water partition coefficient (Wildman–Crippen LogP) is 2.65. The van der Waals surface area contributed by atoms with Crippen molar-refractivity contribution in [1.29, 1.82) is 5.26 Å². The molecular formula is C22H21N5O4S. The van der Waals surface area contributed by atoms with Crippen LogP contribution in [0.1, 0.15) is 23.7 Å². The number of nitrogens with one attached hydrogen (secondary N) is 1. The summed E-state index contributed by atoms with van der Waals surface area (Å²) >= 11 is 0. The Morgan fingerprint density at radius 1 is 1.34 bits per heavy atom. The highest BCUT2D eigenvalue weighted by atomic mass is 32.2. The molecule has 0 radical (unpaired) electrons. The number of carbonyl (C=O) groups is 1. The number of sulfone groups is 1. The second kappa shape index (κ2) is 8.43. The maximum Gasteiger partial charge on any atom is 0.266 e. The fraction of sp³-hybridized carbons (Fsp3) is 0.273. The molecule has 164 valence electrons. The van der Waals surface area contributed by atoms with E-state index >= 15 is 0 Å². The third-order valence-corrected chi connectivity index (χ3v) is 7.08. The minimum atomic E-state index is -3.06. The van der Waals surface area contributed by atoms with Gasteiger partial charge in [-0.1, -0.05) is 0 Å². The van der Waals surface area contributed by atoms with Crippen molar-refractivity contribution in [1.82, 2.24) is 14.8 Å². The largest absolute Gasteiger partial charge is 0.497 e. The fourth-order valence-electron chi connectivity index (χ4n) is 3.68. The number of nitriles is 1. The van der Waals surface area contributed by atoms with Crippen molar-refractivity contribution in [3.63, 3.8) is 0 Å².